The highest BCUT2D eigenvalue weighted by atomic mass is 16.5. The molecule has 2 aromatic carbocycles. The molecule has 1 atom stereocenters. The Morgan fingerprint density at radius 3 is 2.15 bits per heavy atom. The molecule has 180 valence electrons. The van der Waals surface area contributed by atoms with E-state index in [2.05, 4.69) is 46.5 Å². The van der Waals surface area contributed by atoms with Gasteiger partial charge in [-0.1, -0.05) is 12.1 Å². The van der Waals surface area contributed by atoms with Gasteiger partial charge < -0.3 is 19.2 Å². The number of ether oxygens (including phenoxy) is 2. The summed E-state index contributed by atoms with van der Waals surface area (Å²) in [5, 5.41) is 3.06. The molecule has 0 bridgehead atoms. The van der Waals surface area contributed by atoms with Crippen LogP contribution in [-0.4, -0.2) is 20.1 Å². The SMILES string of the molecule is C=CCC(NC(=O)c1ccc(Cc2c(C)c(C)c(C)c(C)c2C)o1)c1ccc(OC)c(OC)c1. The lowest BCUT2D eigenvalue weighted by molar-refractivity contribution is 0.0907. The molecular weight excluding hydrogens is 426 g/mol. The lowest BCUT2D eigenvalue weighted by Gasteiger charge is -2.19. The van der Waals surface area contributed by atoms with E-state index in [0.29, 0.717) is 30.1 Å². The van der Waals surface area contributed by atoms with Crippen molar-refractivity contribution in [3.8, 4) is 11.5 Å². The average molecular weight is 462 g/mol. The number of furan rings is 1. The molecular formula is C29H35NO4. The summed E-state index contributed by atoms with van der Waals surface area (Å²) in [6.07, 6.45) is 3.00. The van der Waals surface area contributed by atoms with Crippen LogP contribution in [0.3, 0.4) is 0 Å². The fourth-order valence-corrected chi connectivity index (χ4v) is 4.36. The number of carbonyl (C=O) groups is 1. The molecule has 34 heavy (non-hydrogen) atoms. The van der Waals surface area contributed by atoms with Gasteiger partial charge in [0.15, 0.2) is 17.3 Å². The second kappa shape index (κ2) is 10.6. The molecule has 1 unspecified atom stereocenters. The van der Waals surface area contributed by atoms with E-state index in [1.807, 2.05) is 24.3 Å². The summed E-state index contributed by atoms with van der Waals surface area (Å²) >= 11 is 0. The van der Waals surface area contributed by atoms with Crippen molar-refractivity contribution in [1.82, 2.24) is 5.32 Å². The summed E-state index contributed by atoms with van der Waals surface area (Å²) in [4.78, 5) is 13.0. The lowest BCUT2D eigenvalue weighted by atomic mass is 9.88. The number of hydrogen-bond acceptors (Lipinski definition) is 4. The number of carbonyl (C=O) groups excluding carboxylic acids is 1. The Morgan fingerprint density at radius 2 is 1.56 bits per heavy atom. The van der Waals surface area contributed by atoms with Gasteiger partial charge >= 0.3 is 0 Å². The minimum Gasteiger partial charge on any atom is -0.493 e. The van der Waals surface area contributed by atoms with Gasteiger partial charge in [0, 0.05) is 6.42 Å². The zero-order valence-electron chi connectivity index (χ0n) is 21.3. The van der Waals surface area contributed by atoms with E-state index < -0.39 is 0 Å². The smallest absolute Gasteiger partial charge is 0.287 e. The Morgan fingerprint density at radius 1 is 0.941 bits per heavy atom. The van der Waals surface area contributed by atoms with Crippen LogP contribution in [0.5, 0.6) is 11.5 Å². The van der Waals surface area contributed by atoms with Crippen LogP contribution >= 0.6 is 0 Å². The third kappa shape index (κ3) is 5.04. The van der Waals surface area contributed by atoms with Crippen LogP contribution in [0.4, 0.5) is 0 Å². The summed E-state index contributed by atoms with van der Waals surface area (Å²) in [6.45, 7) is 14.6. The monoisotopic (exact) mass is 461 g/mol. The standard InChI is InChI=1S/C29H35NO4/c1-9-10-25(22-11-13-26(32-7)28(15-22)33-8)30-29(31)27-14-12-23(34-27)16-24-20(5)18(3)17(2)19(4)21(24)6/h9,11-15,25H,1,10,16H2,2-8H3,(H,30,31). The lowest BCUT2D eigenvalue weighted by Crippen LogP contribution is -2.28. The van der Waals surface area contributed by atoms with Crippen molar-refractivity contribution in [2.75, 3.05) is 14.2 Å². The fraction of sp³-hybridized carbons (Fsp3) is 0.345. The van der Waals surface area contributed by atoms with Crippen LogP contribution in [0.15, 0.2) is 47.4 Å². The summed E-state index contributed by atoms with van der Waals surface area (Å²) in [6, 6.07) is 8.97. The second-order valence-electron chi connectivity index (χ2n) is 8.71. The van der Waals surface area contributed by atoms with E-state index in [0.717, 1.165) is 11.3 Å². The van der Waals surface area contributed by atoms with Gasteiger partial charge in [-0.3, -0.25) is 4.79 Å². The van der Waals surface area contributed by atoms with E-state index in [4.69, 9.17) is 13.9 Å². The maximum Gasteiger partial charge on any atom is 0.287 e. The Kier molecular flexibility index (Phi) is 7.87. The first-order valence-electron chi connectivity index (χ1n) is 11.5. The minimum absolute atomic E-state index is 0.266. The zero-order valence-corrected chi connectivity index (χ0v) is 21.3. The van der Waals surface area contributed by atoms with E-state index in [-0.39, 0.29) is 11.9 Å². The molecule has 1 aromatic heterocycles. The predicted molar refractivity (Wildman–Crippen MR) is 136 cm³/mol. The third-order valence-corrected chi connectivity index (χ3v) is 6.91. The molecule has 3 rings (SSSR count). The van der Waals surface area contributed by atoms with E-state index in [1.165, 1.54) is 33.4 Å². The zero-order chi connectivity index (χ0) is 25.0. The van der Waals surface area contributed by atoms with Crippen molar-refractivity contribution >= 4 is 5.91 Å². The first kappa shape index (κ1) is 25.2. The topological polar surface area (TPSA) is 60.7 Å². The molecule has 1 amide bonds. The van der Waals surface area contributed by atoms with Crippen LogP contribution in [0.25, 0.3) is 0 Å². The first-order chi connectivity index (χ1) is 16.2. The van der Waals surface area contributed by atoms with Crippen LogP contribution in [0, 0.1) is 34.6 Å². The van der Waals surface area contributed by atoms with Gasteiger partial charge in [-0.05, 0) is 104 Å². The van der Waals surface area contributed by atoms with Crippen molar-refractivity contribution in [2.24, 2.45) is 0 Å². The van der Waals surface area contributed by atoms with Gasteiger partial charge in [-0.25, -0.2) is 0 Å². The molecule has 0 spiro atoms. The van der Waals surface area contributed by atoms with Gasteiger partial charge in [-0.15, -0.1) is 6.58 Å². The van der Waals surface area contributed by atoms with Crippen LogP contribution < -0.4 is 14.8 Å². The van der Waals surface area contributed by atoms with Crippen LogP contribution in [0.2, 0.25) is 0 Å². The molecule has 5 nitrogen and oxygen atoms in total. The summed E-state index contributed by atoms with van der Waals surface area (Å²) in [5.74, 6) is 2.04. The quantitative estimate of drug-likeness (QED) is 0.371. The van der Waals surface area contributed by atoms with Crippen molar-refractivity contribution in [3.05, 3.63) is 93.5 Å². The van der Waals surface area contributed by atoms with Gasteiger partial charge in [0.25, 0.3) is 5.91 Å². The van der Waals surface area contributed by atoms with Gasteiger partial charge in [0.1, 0.15) is 5.76 Å². The number of amides is 1. The Balaban J connectivity index is 1.81. The van der Waals surface area contributed by atoms with Gasteiger partial charge in [-0.2, -0.15) is 0 Å². The molecule has 3 aromatic rings. The minimum atomic E-state index is -0.273. The van der Waals surface area contributed by atoms with E-state index >= 15 is 0 Å². The predicted octanol–water partition coefficient (Wildman–Crippen LogP) is 6.48. The van der Waals surface area contributed by atoms with E-state index in [9.17, 15) is 4.79 Å². The van der Waals surface area contributed by atoms with Crippen molar-refractivity contribution in [3.63, 3.8) is 0 Å². The second-order valence-corrected chi connectivity index (χ2v) is 8.71. The maximum atomic E-state index is 13.0. The van der Waals surface area contributed by atoms with Gasteiger partial charge in [0.2, 0.25) is 0 Å². The molecule has 0 radical (unpaired) electrons. The first-order valence-corrected chi connectivity index (χ1v) is 11.5. The van der Waals surface area contributed by atoms with Crippen LogP contribution in [-0.2, 0) is 6.42 Å². The van der Waals surface area contributed by atoms with Crippen molar-refractivity contribution in [2.45, 2.75) is 53.5 Å². The average Bonchev–Trinajstić information content (AvgIpc) is 3.32. The Bertz CT molecular complexity index is 1180. The largest absolute Gasteiger partial charge is 0.493 e. The Labute approximate surface area is 202 Å². The molecule has 0 saturated carbocycles. The van der Waals surface area contributed by atoms with Crippen molar-refractivity contribution < 1.29 is 18.7 Å². The van der Waals surface area contributed by atoms with Crippen molar-refractivity contribution in [1.29, 1.82) is 0 Å². The molecule has 0 saturated heterocycles. The number of methoxy groups -OCH3 is 2. The molecule has 0 fully saturated rings. The molecule has 5 heteroatoms. The number of nitrogens with one attached hydrogen (secondary N) is 1. The maximum absolute atomic E-state index is 13.0. The third-order valence-electron chi connectivity index (χ3n) is 6.91. The van der Waals surface area contributed by atoms with E-state index in [1.54, 1.807) is 26.4 Å². The normalized spacial score (nSPS) is 11.7. The molecule has 0 aliphatic carbocycles. The molecule has 1 N–H and O–H groups in total. The highest BCUT2D eigenvalue weighted by molar-refractivity contribution is 5.91. The highest BCUT2D eigenvalue weighted by Crippen LogP contribution is 2.32. The van der Waals surface area contributed by atoms with Gasteiger partial charge in [0.05, 0.1) is 20.3 Å². The number of rotatable bonds is 9. The fourth-order valence-electron chi connectivity index (χ4n) is 4.36. The molecule has 1 heterocycles. The number of hydrogen-bond donors (Lipinski definition) is 1. The van der Waals surface area contributed by atoms with Crippen LogP contribution in [0.1, 0.15) is 67.7 Å². The summed E-state index contributed by atoms with van der Waals surface area (Å²) < 4.78 is 16.7. The molecule has 0 aliphatic heterocycles. The summed E-state index contributed by atoms with van der Waals surface area (Å²) in [5.41, 5.74) is 8.67. The summed E-state index contributed by atoms with van der Waals surface area (Å²) in [7, 11) is 3.19. The highest BCUT2D eigenvalue weighted by Gasteiger charge is 2.20. The number of benzene rings is 2. The molecule has 0 aliphatic rings. The Hall–Kier alpha value is -3.47.